The van der Waals surface area contributed by atoms with Crippen molar-refractivity contribution in [2.24, 2.45) is 0 Å². The summed E-state index contributed by atoms with van der Waals surface area (Å²) >= 11 is 0. The van der Waals surface area contributed by atoms with Crippen molar-refractivity contribution < 1.29 is 9.53 Å². The van der Waals surface area contributed by atoms with E-state index in [1.54, 1.807) is 0 Å². The summed E-state index contributed by atoms with van der Waals surface area (Å²) < 4.78 is 6.23. The van der Waals surface area contributed by atoms with Gasteiger partial charge in [0.25, 0.3) is 5.91 Å². The minimum Gasteiger partial charge on any atom is -0.480 e. The second-order valence-electron chi connectivity index (χ2n) is 7.70. The third-order valence-corrected chi connectivity index (χ3v) is 5.60. The molecule has 0 bridgehead atoms. The van der Waals surface area contributed by atoms with E-state index < -0.39 is 6.10 Å². The van der Waals surface area contributed by atoms with Crippen LogP contribution in [0.3, 0.4) is 0 Å². The number of aryl methyl sites for hydroxylation is 1. The highest BCUT2D eigenvalue weighted by molar-refractivity contribution is 5.89. The molecule has 156 valence electrons. The molecule has 0 radical (unpaired) electrons. The van der Waals surface area contributed by atoms with Crippen molar-refractivity contribution in [3.8, 4) is 5.75 Å². The largest absolute Gasteiger partial charge is 0.480 e. The maximum absolute atomic E-state index is 13.3. The van der Waals surface area contributed by atoms with E-state index in [1.807, 2.05) is 91.9 Å². The highest BCUT2D eigenvalue weighted by Crippen LogP contribution is 2.28. The average molecular weight is 410 g/mol. The van der Waals surface area contributed by atoms with Crippen LogP contribution in [0.1, 0.15) is 36.1 Å². The lowest BCUT2D eigenvalue weighted by Crippen LogP contribution is -2.40. The molecule has 2 atom stereocenters. The number of ether oxygens (including phenoxy) is 1. The minimum atomic E-state index is -0.582. The first kappa shape index (κ1) is 20.7. The molecule has 1 N–H and O–H groups in total. The number of carbonyl (C=O) groups is 1. The van der Waals surface area contributed by atoms with Crippen molar-refractivity contribution >= 4 is 16.7 Å². The van der Waals surface area contributed by atoms with Gasteiger partial charge in [0.2, 0.25) is 0 Å². The summed E-state index contributed by atoms with van der Waals surface area (Å²) in [5.41, 5.74) is 3.27. The number of hydrogen-bond acceptors (Lipinski definition) is 2. The summed E-state index contributed by atoms with van der Waals surface area (Å²) in [5, 5.41) is 5.35. The first-order valence-electron chi connectivity index (χ1n) is 10.7. The standard InChI is InChI=1S/C28H27NO2/c1-3-25(31-26-19-11-16-21-13-8-10-18-24(21)26)28(30)29-27(22-14-5-4-6-15-22)23-17-9-7-12-20(23)2/h4-19,25,27H,3H2,1-2H3,(H,29,30)/t25-,27+/m1/s1. The Kier molecular flexibility index (Phi) is 6.32. The Labute approximate surface area is 183 Å². The zero-order chi connectivity index (χ0) is 21.6. The van der Waals surface area contributed by atoms with Crippen LogP contribution < -0.4 is 10.1 Å². The molecular formula is C28H27NO2. The predicted molar refractivity (Wildman–Crippen MR) is 126 cm³/mol. The first-order chi connectivity index (χ1) is 15.2. The van der Waals surface area contributed by atoms with Crippen LogP contribution in [0.25, 0.3) is 10.8 Å². The van der Waals surface area contributed by atoms with Crippen molar-refractivity contribution in [1.82, 2.24) is 5.32 Å². The van der Waals surface area contributed by atoms with Crippen molar-refractivity contribution in [2.45, 2.75) is 32.4 Å². The van der Waals surface area contributed by atoms with E-state index in [4.69, 9.17) is 4.74 Å². The molecule has 4 aromatic carbocycles. The molecule has 4 rings (SSSR count). The summed E-state index contributed by atoms with van der Waals surface area (Å²) in [6.07, 6.45) is -0.00863. The second-order valence-corrected chi connectivity index (χ2v) is 7.70. The van der Waals surface area contributed by atoms with Gasteiger partial charge >= 0.3 is 0 Å². The smallest absolute Gasteiger partial charge is 0.261 e. The normalized spacial score (nSPS) is 12.8. The number of rotatable bonds is 7. The number of amides is 1. The summed E-state index contributed by atoms with van der Waals surface area (Å²) in [6, 6.07) is 32.0. The summed E-state index contributed by atoms with van der Waals surface area (Å²) in [4.78, 5) is 13.3. The summed E-state index contributed by atoms with van der Waals surface area (Å²) in [6.45, 7) is 4.04. The van der Waals surface area contributed by atoms with Crippen LogP contribution in [0, 0.1) is 6.92 Å². The lowest BCUT2D eigenvalue weighted by Gasteiger charge is -2.25. The number of benzene rings is 4. The van der Waals surface area contributed by atoms with Gasteiger partial charge in [-0.05, 0) is 41.5 Å². The summed E-state index contributed by atoms with van der Waals surface area (Å²) in [5.74, 6) is 0.611. The molecule has 0 aromatic heterocycles. The molecule has 31 heavy (non-hydrogen) atoms. The van der Waals surface area contributed by atoms with E-state index in [-0.39, 0.29) is 11.9 Å². The number of hydrogen-bond donors (Lipinski definition) is 1. The van der Waals surface area contributed by atoms with Gasteiger partial charge in [0, 0.05) is 5.39 Å². The quantitative estimate of drug-likeness (QED) is 0.394. The number of nitrogens with one attached hydrogen (secondary N) is 1. The number of carbonyl (C=O) groups excluding carboxylic acids is 1. The van der Waals surface area contributed by atoms with Gasteiger partial charge in [-0.25, -0.2) is 0 Å². The minimum absolute atomic E-state index is 0.118. The van der Waals surface area contributed by atoms with E-state index in [2.05, 4.69) is 24.4 Å². The van der Waals surface area contributed by atoms with Gasteiger partial charge in [-0.2, -0.15) is 0 Å². The van der Waals surface area contributed by atoms with Crippen LogP contribution in [-0.2, 0) is 4.79 Å². The van der Waals surface area contributed by atoms with E-state index in [0.717, 1.165) is 33.2 Å². The molecule has 3 heteroatoms. The maximum atomic E-state index is 13.3. The van der Waals surface area contributed by atoms with Gasteiger partial charge in [0.15, 0.2) is 6.10 Å². The van der Waals surface area contributed by atoms with Crippen molar-refractivity contribution in [3.63, 3.8) is 0 Å². The topological polar surface area (TPSA) is 38.3 Å². The Morgan fingerprint density at radius 2 is 1.52 bits per heavy atom. The molecule has 1 amide bonds. The van der Waals surface area contributed by atoms with Gasteiger partial charge < -0.3 is 10.1 Å². The third kappa shape index (κ3) is 4.61. The maximum Gasteiger partial charge on any atom is 0.261 e. The van der Waals surface area contributed by atoms with Crippen LogP contribution in [0.15, 0.2) is 97.1 Å². The molecular weight excluding hydrogens is 382 g/mol. The molecule has 0 aliphatic rings. The average Bonchev–Trinajstić information content (AvgIpc) is 2.82. The van der Waals surface area contributed by atoms with Crippen molar-refractivity contribution in [3.05, 3.63) is 114 Å². The molecule has 0 saturated carbocycles. The number of fused-ring (bicyclic) bond motifs is 1. The van der Waals surface area contributed by atoms with Gasteiger partial charge in [-0.3, -0.25) is 4.79 Å². The van der Waals surface area contributed by atoms with Crippen LogP contribution in [0.4, 0.5) is 0 Å². The van der Waals surface area contributed by atoms with Gasteiger partial charge in [-0.1, -0.05) is 97.9 Å². The zero-order valence-corrected chi connectivity index (χ0v) is 17.9. The fraction of sp³-hybridized carbons (Fsp3) is 0.179. The molecule has 0 heterocycles. The molecule has 3 nitrogen and oxygen atoms in total. The molecule has 0 aliphatic carbocycles. The van der Waals surface area contributed by atoms with Crippen molar-refractivity contribution in [1.29, 1.82) is 0 Å². The highest BCUT2D eigenvalue weighted by Gasteiger charge is 2.25. The Morgan fingerprint density at radius 3 is 2.29 bits per heavy atom. The molecule has 0 spiro atoms. The Hall–Kier alpha value is -3.59. The highest BCUT2D eigenvalue weighted by atomic mass is 16.5. The Bertz CT molecular complexity index is 1160. The zero-order valence-electron chi connectivity index (χ0n) is 17.9. The first-order valence-corrected chi connectivity index (χ1v) is 10.7. The van der Waals surface area contributed by atoms with Crippen LogP contribution in [-0.4, -0.2) is 12.0 Å². The van der Waals surface area contributed by atoms with Gasteiger partial charge in [-0.15, -0.1) is 0 Å². The molecule has 0 fully saturated rings. The molecule has 0 saturated heterocycles. The van der Waals surface area contributed by atoms with E-state index in [0.29, 0.717) is 6.42 Å². The van der Waals surface area contributed by atoms with Crippen LogP contribution in [0.5, 0.6) is 5.75 Å². The van der Waals surface area contributed by atoms with Crippen LogP contribution in [0.2, 0.25) is 0 Å². The fourth-order valence-electron chi connectivity index (χ4n) is 3.91. The Balaban J connectivity index is 1.62. The lowest BCUT2D eigenvalue weighted by molar-refractivity contribution is -0.128. The second kappa shape index (κ2) is 9.48. The van der Waals surface area contributed by atoms with Crippen molar-refractivity contribution in [2.75, 3.05) is 0 Å². The monoisotopic (exact) mass is 409 g/mol. The fourth-order valence-corrected chi connectivity index (χ4v) is 3.91. The molecule has 0 aliphatic heterocycles. The van der Waals surface area contributed by atoms with E-state index >= 15 is 0 Å². The van der Waals surface area contributed by atoms with E-state index in [1.165, 1.54) is 0 Å². The lowest BCUT2D eigenvalue weighted by atomic mass is 9.94. The van der Waals surface area contributed by atoms with Gasteiger partial charge in [0.1, 0.15) is 5.75 Å². The predicted octanol–water partition coefficient (Wildman–Crippen LogP) is 6.21. The SMILES string of the molecule is CC[C@@H](Oc1cccc2ccccc12)C(=O)N[C@@H](c1ccccc1)c1ccccc1C. The van der Waals surface area contributed by atoms with E-state index in [9.17, 15) is 4.79 Å². The summed E-state index contributed by atoms with van der Waals surface area (Å²) in [7, 11) is 0. The van der Waals surface area contributed by atoms with Gasteiger partial charge in [0.05, 0.1) is 6.04 Å². The molecule has 0 unspecified atom stereocenters. The third-order valence-electron chi connectivity index (χ3n) is 5.60. The van der Waals surface area contributed by atoms with Crippen LogP contribution >= 0.6 is 0 Å². The Morgan fingerprint density at radius 1 is 0.839 bits per heavy atom. The molecule has 4 aromatic rings.